The number of fused-ring (bicyclic) bond motifs is 5. The number of carboxylic acid groups (broad SMARTS) is 1. The number of oxime groups is 1. The highest BCUT2D eigenvalue weighted by Gasteiger charge is 2.45. The third-order valence-electron chi connectivity index (χ3n) is 8.00. The molecule has 3 aromatic rings. The first-order valence-electron chi connectivity index (χ1n) is 14.4. The lowest BCUT2D eigenvalue weighted by Gasteiger charge is -2.37. The first-order chi connectivity index (χ1) is 20.9. The van der Waals surface area contributed by atoms with Gasteiger partial charge in [0.2, 0.25) is 0 Å². The molecule has 0 radical (unpaired) electrons. The summed E-state index contributed by atoms with van der Waals surface area (Å²) in [6.07, 6.45) is 0.644. The van der Waals surface area contributed by atoms with Gasteiger partial charge in [0, 0.05) is 40.7 Å². The number of hydrogen-bond acceptors (Lipinski definition) is 10. The van der Waals surface area contributed by atoms with E-state index in [-0.39, 0.29) is 56.0 Å². The summed E-state index contributed by atoms with van der Waals surface area (Å²) in [4.78, 5) is 61.0. The molecule has 0 fully saturated rings. The number of carbonyl (C=O) groups excluding carboxylic acids is 3. The van der Waals surface area contributed by atoms with Crippen molar-refractivity contribution in [3.05, 3.63) is 62.9 Å². The third kappa shape index (κ3) is 5.50. The molecule has 5 rings (SSSR count). The summed E-state index contributed by atoms with van der Waals surface area (Å²) in [5.41, 5.74) is 0.499. The number of hydrogen-bond donors (Lipinski definition) is 2. The smallest absolute Gasteiger partial charge is 0.343 e. The van der Waals surface area contributed by atoms with Gasteiger partial charge in [-0.25, -0.2) is 9.78 Å². The van der Waals surface area contributed by atoms with Crippen LogP contribution >= 0.6 is 0 Å². The quantitative estimate of drug-likeness (QED) is 0.124. The molecule has 13 nitrogen and oxygen atoms in total. The highest BCUT2D eigenvalue weighted by molar-refractivity contribution is 6.02. The van der Waals surface area contributed by atoms with Gasteiger partial charge in [0.1, 0.15) is 12.7 Å². The van der Waals surface area contributed by atoms with Crippen LogP contribution in [0.15, 0.2) is 40.3 Å². The minimum Gasteiger partial charge on any atom is -0.530 e. The fourth-order valence-corrected chi connectivity index (χ4v) is 5.61. The number of cyclic esters (lactones) is 1. The van der Waals surface area contributed by atoms with Gasteiger partial charge in [-0.15, -0.1) is 0 Å². The van der Waals surface area contributed by atoms with Crippen LogP contribution in [0.1, 0.15) is 62.8 Å². The minimum absolute atomic E-state index is 0.0394. The number of para-hydroxylation sites is 1. The normalized spacial score (nSPS) is 17.2. The van der Waals surface area contributed by atoms with E-state index in [1.807, 2.05) is 24.3 Å². The molecule has 2 aliphatic rings. The Morgan fingerprint density at radius 2 is 2.02 bits per heavy atom. The molecule has 2 amide bonds. The van der Waals surface area contributed by atoms with Crippen molar-refractivity contribution in [1.29, 1.82) is 0 Å². The lowest BCUT2D eigenvalue weighted by atomic mass is 9.86. The number of ether oxygens (including phenoxy) is 1. The highest BCUT2D eigenvalue weighted by atomic mass is 16.6. The predicted molar refractivity (Wildman–Crippen MR) is 158 cm³/mol. The van der Waals surface area contributed by atoms with Crippen LogP contribution < -0.4 is 16.0 Å². The number of benzene rings is 1. The van der Waals surface area contributed by atoms with E-state index in [1.54, 1.807) is 33.8 Å². The van der Waals surface area contributed by atoms with E-state index in [9.17, 15) is 29.4 Å². The van der Waals surface area contributed by atoms with Crippen LogP contribution in [-0.4, -0.2) is 69.0 Å². The molecule has 232 valence electrons. The molecule has 4 heterocycles. The first kappa shape index (κ1) is 30.7. The van der Waals surface area contributed by atoms with Gasteiger partial charge in [-0.1, -0.05) is 30.3 Å². The average Bonchev–Trinajstić information content (AvgIpc) is 3.34. The molecule has 13 heteroatoms. The van der Waals surface area contributed by atoms with Gasteiger partial charge in [0.25, 0.3) is 11.5 Å². The molecular formula is C31H34N5O8-. The van der Waals surface area contributed by atoms with Gasteiger partial charge in [-0.2, -0.15) is 0 Å². The molecule has 0 aliphatic carbocycles. The van der Waals surface area contributed by atoms with Crippen LogP contribution in [0.4, 0.5) is 4.79 Å². The maximum atomic E-state index is 13.5. The monoisotopic (exact) mass is 604 g/mol. The fourth-order valence-electron chi connectivity index (χ4n) is 5.61. The molecule has 1 atom stereocenters. The number of aromatic nitrogens is 2. The zero-order valence-electron chi connectivity index (χ0n) is 25.0. The molecule has 0 spiro atoms. The topological polar surface area (TPSA) is 175 Å². The molecule has 0 saturated carbocycles. The average molecular weight is 605 g/mol. The summed E-state index contributed by atoms with van der Waals surface area (Å²) < 4.78 is 6.69. The second kappa shape index (κ2) is 11.7. The van der Waals surface area contributed by atoms with E-state index in [0.717, 1.165) is 5.39 Å². The molecule has 2 aromatic heterocycles. The summed E-state index contributed by atoms with van der Waals surface area (Å²) >= 11 is 0. The molecule has 2 aliphatic heterocycles. The molecule has 2 N–H and O–H groups in total. The Kier molecular flexibility index (Phi) is 8.17. The summed E-state index contributed by atoms with van der Waals surface area (Å²) in [5, 5.41) is 29.9. The van der Waals surface area contributed by atoms with Crippen molar-refractivity contribution in [1.82, 2.24) is 19.8 Å². The van der Waals surface area contributed by atoms with Crippen molar-refractivity contribution in [3.63, 3.8) is 0 Å². The number of rotatable bonds is 9. The van der Waals surface area contributed by atoms with Crippen LogP contribution in [-0.2, 0) is 37.9 Å². The Morgan fingerprint density at radius 1 is 1.27 bits per heavy atom. The minimum atomic E-state index is -1.93. The second-order valence-corrected chi connectivity index (χ2v) is 11.8. The Balaban J connectivity index is 1.34. The van der Waals surface area contributed by atoms with Crippen molar-refractivity contribution >= 4 is 35.1 Å². The molecule has 44 heavy (non-hydrogen) atoms. The number of carbonyl (C=O) groups is 3. The van der Waals surface area contributed by atoms with Crippen molar-refractivity contribution < 1.29 is 34.2 Å². The lowest BCUT2D eigenvalue weighted by molar-refractivity contribution is -0.270. The number of aliphatic hydroxyl groups is 1. The summed E-state index contributed by atoms with van der Waals surface area (Å²) in [6.45, 7) is 6.99. The zero-order valence-corrected chi connectivity index (χ0v) is 25.0. The van der Waals surface area contributed by atoms with Crippen LogP contribution in [0.5, 0.6) is 0 Å². The fraction of sp³-hybridized carbons (Fsp3) is 0.419. The van der Waals surface area contributed by atoms with E-state index in [4.69, 9.17) is 14.6 Å². The predicted octanol–water partition coefficient (Wildman–Crippen LogP) is 1.38. The Hall–Kier alpha value is -4.78. The Bertz CT molecular complexity index is 1740. The van der Waals surface area contributed by atoms with Gasteiger partial charge in [-0.3, -0.25) is 9.59 Å². The molecule has 0 saturated heterocycles. The van der Waals surface area contributed by atoms with Crippen molar-refractivity contribution in [3.8, 4) is 11.4 Å². The lowest BCUT2D eigenvalue weighted by Crippen LogP contribution is -2.52. The Labute approximate surface area is 253 Å². The number of pyridine rings is 2. The van der Waals surface area contributed by atoms with Gasteiger partial charge < -0.3 is 39.4 Å². The number of amides is 2. The van der Waals surface area contributed by atoms with Gasteiger partial charge >= 0.3 is 5.97 Å². The van der Waals surface area contributed by atoms with Gasteiger partial charge in [-0.05, 0) is 45.7 Å². The maximum Gasteiger partial charge on any atom is 0.343 e. The van der Waals surface area contributed by atoms with E-state index in [0.29, 0.717) is 34.5 Å². The standard InChI is InChI=1S/C31H35N5O8/c1-5-31(42)22-13-24-26-20(15-35(24)27(38)21(22)16-43-28(31)39)19(18-9-6-7-10-23(18)34-26)14-33-44-17-25(37)32-11-8-12-36(29(40)41)30(2,3)4/h6-7,9-10,13-14,42H,5,8,11-12,15-17H2,1-4H3,(H,32,37)(H,40,41)/p-1/t31-/m0/s1. The van der Waals surface area contributed by atoms with Crippen molar-refractivity contribution in [2.75, 3.05) is 19.7 Å². The largest absolute Gasteiger partial charge is 0.530 e. The van der Waals surface area contributed by atoms with Crippen LogP contribution in [0.3, 0.4) is 0 Å². The van der Waals surface area contributed by atoms with E-state index < -0.39 is 29.1 Å². The van der Waals surface area contributed by atoms with E-state index in [1.165, 1.54) is 15.7 Å². The molecular weight excluding hydrogens is 570 g/mol. The van der Waals surface area contributed by atoms with E-state index in [2.05, 4.69) is 10.5 Å². The van der Waals surface area contributed by atoms with Crippen LogP contribution in [0.25, 0.3) is 22.3 Å². The number of nitrogens with zero attached hydrogens (tertiary/aromatic N) is 4. The molecule has 1 aromatic carbocycles. The number of nitrogens with one attached hydrogen (secondary N) is 1. The summed E-state index contributed by atoms with van der Waals surface area (Å²) in [7, 11) is 0. The maximum absolute atomic E-state index is 13.5. The second-order valence-electron chi connectivity index (χ2n) is 11.8. The zero-order chi connectivity index (χ0) is 31.8. The summed E-state index contributed by atoms with van der Waals surface area (Å²) in [5.74, 6) is -1.22. The van der Waals surface area contributed by atoms with Crippen LogP contribution in [0, 0.1) is 0 Å². The molecule has 0 bridgehead atoms. The van der Waals surface area contributed by atoms with Crippen molar-refractivity contribution in [2.45, 2.75) is 64.8 Å². The van der Waals surface area contributed by atoms with Crippen LogP contribution in [0.2, 0.25) is 0 Å². The molecule has 0 unspecified atom stereocenters. The van der Waals surface area contributed by atoms with Gasteiger partial charge in [0.15, 0.2) is 12.2 Å². The highest BCUT2D eigenvalue weighted by Crippen LogP contribution is 2.39. The number of esters is 1. The first-order valence-corrected chi connectivity index (χ1v) is 14.4. The SMILES string of the molecule is CC[C@@]1(O)C(=O)OCc2c1cc1n(c2=O)Cc2c-1nc1ccccc1c2C=NOCC(=O)NCCCN(C(=O)[O-])C(C)(C)C. The van der Waals surface area contributed by atoms with Gasteiger partial charge in [0.05, 0.1) is 35.2 Å². The van der Waals surface area contributed by atoms with E-state index >= 15 is 0 Å². The third-order valence-corrected chi connectivity index (χ3v) is 8.00. The van der Waals surface area contributed by atoms with Crippen molar-refractivity contribution in [2.24, 2.45) is 5.16 Å². The Morgan fingerprint density at radius 3 is 2.73 bits per heavy atom. The summed E-state index contributed by atoms with van der Waals surface area (Å²) in [6, 6.07) is 9.01.